The van der Waals surface area contributed by atoms with Crippen LogP contribution in [-0.2, 0) is 6.54 Å². The van der Waals surface area contributed by atoms with Gasteiger partial charge in [0.05, 0.1) is 0 Å². The van der Waals surface area contributed by atoms with Gasteiger partial charge in [-0.15, -0.1) is 0 Å². The van der Waals surface area contributed by atoms with Gasteiger partial charge in [-0.25, -0.2) is 0 Å². The van der Waals surface area contributed by atoms with Crippen LogP contribution < -0.4 is 5.32 Å². The third-order valence-corrected chi connectivity index (χ3v) is 2.83. The van der Waals surface area contributed by atoms with Crippen LogP contribution in [0.1, 0.15) is 16.7 Å². The van der Waals surface area contributed by atoms with Crippen molar-refractivity contribution < 1.29 is 5.11 Å². The number of anilines is 1. The van der Waals surface area contributed by atoms with Gasteiger partial charge < -0.3 is 10.4 Å². The summed E-state index contributed by atoms with van der Waals surface area (Å²) in [6, 6.07) is 14.2. The van der Waals surface area contributed by atoms with Gasteiger partial charge in [0, 0.05) is 12.2 Å². The summed E-state index contributed by atoms with van der Waals surface area (Å²) in [6.45, 7) is 4.62. The van der Waals surface area contributed by atoms with Gasteiger partial charge in [0.1, 0.15) is 5.75 Å². The number of hydrogen-bond acceptors (Lipinski definition) is 2. The minimum atomic E-state index is 0.385. The van der Waals surface area contributed by atoms with Crippen molar-refractivity contribution in [1.29, 1.82) is 0 Å². The fourth-order valence-electron chi connectivity index (χ4n) is 1.86. The molecule has 0 amide bonds. The van der Waals surface area contributed by atoms with Gasteiger partial charge in [0.2, 0.25) is 0 Å². The molecule has 0 atom stereocenters. The van der Waals surface area contributed by atoms with Crippen molar-refractivity contribution in [3.8, 4) is 5.75 Å². The monoisotopic (exact) mass is 227 g/mol. The van der Waals surface area contributed by atoms with Gasteiger partial charge in [-0.1, -0.05) is 30.3 Å². The van der Waals surface area contributed by atoms with E-state index in [9.17, 15) is 5.11 Å². The fourth-order valence-corrected chi connectivity index (χ4v) is 1.86. The average molecular weight is 227 g/mol. The van der Waals surface area contributed by atoms with Crippen LogP contribution in [0.25, 0.3) is 0 Å². The van der Waals surface area contributed by atoms with Crippen LogP contribution in [0, 0.1) is 13.8 Å². The van der Waals surface area contributed by atoms with Crippen LogP contribution >= 0.6 is 0 Å². The first kappa shape index (κ1) is 11.5. The summed E-state index contributed by atoms with van der Waals surface area (Å²) in [6.07, 6.45) is 0. The Hall–Kier alpha value is -1.96. The highest BCUT2D eigenvalue weighted by molar-refractivity contribution is 5.54. The zero-order valence-electron chi connectivity index (χ0n) is 10.2. The Kier molecular flexibility index (Phi) is 3.33. The number of phenolic OH excluding ortho intramolecular Hbond substituents is 1. The average Bonchev–Trinajstić information content (AvgIpc) is 2.34. The summed E-state index contributed by atoms with van der Waals surface area (Å²) in [4.78, 5) is 0. The molecular formula is C15H17NO. The molecule has 88 valence electrons. The summed E-state index contributed by atoms with van der Waals surface area (Å²) in [7, 11) is 0. The number of aromatic hydroxyl groups is 1. The zero-order valence-corrected chi connectivity index (χ0v) is 10.2. The first-order valence-corrected chi connectivity index (χ1v) is 5.75. The quantitative estimate of drug-likeness (QED) is 0.785. The van der Waals surface area contributed by atoms with Crippen molar-refractivity contribution in [1.82, 2.24) is 0 Å². The number of rotatable bonds is 3. The second kappa shape index (κ2) is 4.91. The van der Waals surface area contributed by atoms with E-state index in [0.29, 0.717) is 5.75 Å². The number of aryl methyl sites for hydroxylation is 2. The second-order valence-electron chi connectivity index (χ2n) is 4.30. The molecule has 0 bridgehead atoms. The van der Waals surface area contributed by atoms with Crippen LogP contribution in [0.2, 0.25) is 0 Å². The lowest BCUT2D eigenvalue weighted by atomic mass is 10.1. The third kappa shape index (κ3) is 2.78. The van der Waals surface area contributed by atoms with E-state index in [4.69, 9.17) is 0 Å². The van der Waals surface area contributed by atoms with Gasteiger partial charge in [0.15, 0.2) is 0 Å². The summed E-state index contributed by atoms with van der Waals surface area (Å²) in [5, 5.41) is 13.0. The van der Waals surface area contributed by atoms with Crippen LogP contribution in [0.15, 0.2) is 42.5 Å². The van der Waals surface area contributed by atoms with E-state index in [0.717, 1.165) is 23.4 Å². The Morgan fingerprint density at radius 2 is 1.59 bits per heavy atom. The van der Waals surface area contributed by atoms with Gasteiger partial charge in [-0.3, -0.25) is 0 Å². The van der Waals surface area contributed by atoms with E-state index in [1.807, 2.05) is 44.2 Å². The number of nitrogens with one attached hydrogen (secondary N) is 1. The molecule has 2 aromatic rings. The van der Waals surface area contributed by atoms with Gasteiger partial charge >= 0.3 is 0 Å². The summed E-state index contributed by atoms with van der Waals surface area (Å²) in [5.41, 5.74) is 4.10. The minimum absolute atomic E-state index is 0.385. The van der Waals surface area contributed by atoms with Gasteiger partial charge in [-0.2, -0.15) is 0 Å². The topological polar surface area (TPSA) is 32.3 Å². The van der Waals surface area contributed by atoms with E-state index < -0.39 is 0 Å². The lowest BCUT2D eigenvalue weighted by molar-refractivity contribution is 0.467. The van der Waals surface area contributed by atoms with E-state index in [2.05, 4.69) is 17.4 Å². The summed E-state index contributed by atoms with van der Waals surface area (Å²) < 4.78 is 0. The van der Waals surface area contributed by atoms with E-state index >= 15 is 0 Å². The molecule has 2 heteroatoms. The number of benzene rings is 2. The smallest absolute Gasteiger partial charge is 0.121 e. The maximum atomic E-state index is 9.69. The zero-order chi connectivity index (χ0) is 12.3. The molecule has 0 spiro atoms. The largest absolute Gasteiger partial charge is 0.507 e. The number of phenols is 1. The molecule has 0 unspecified atom stereocenters. The van der Waals surface area contributed by atoms with Crippen LogP contribution in [0.4, 0.5) is 5.69 Å². The van der Waals surface area contributed by atoms with E-state index in [1.165, 1.54) is 5.56 Å². The Bertz CT molecular complexity index is 483. The molecule has 0 radical (unpaired) electrons. The molecule has 0 saturated heterocycles. The van der Waals surface area contributed by atoms with Gasteiger partial charge in [-0.05, 0) is 42.7 Å². The summed E-state index contributed by atoms with van der Waals surface area (Å²) >= 11 is 0. The minimum Gasteiger partial charge on any atom is -0.507 e. The maximum absolute atomic E-state index is 9.69. The second-order valence-corrected chi connectivity index (χ2v) is 4.30. The Morgan fingerprint density at radius 3 is 2.18 bits per heavy atom. The molecule has 0 heterocycles. The predicted octanol–water partition coefficient (Wildman–Crippen LogP) is 3.62. The van der Waals surface area contributed by atoms with Crippen molar-refractivity contribution in [2.45, 2.75) is 20.4 Å². The molecule has 2 aromatic carbocycles. The molecule has 17 heavy (non-hydrogen) atoms. The molecule has 0 aliphatic carbocycles. The standard InChI is InChI=1S/C15H17NO/c1-11-8-14(9-12(2)15(11)17)16-10-13-6-4-3-5-7-13/h3-9,16-17H,10H2,1-2H3. The molecule has 2 N–H and O–H groups in total. The van der Waals surface area contributed by atoms with Crippen molar-refractivity contribution in [3.05, 3.63) is 59.2 Å². The Balaban J connectivity index is 2.10. The van der Waals surface area contributed by atoms with Crippen molar-refractivity contribution in [3.63, 3.8) is 0 Å². The van der Waals surface area contributed by atoms with Crippen LogP contribution in [-0.4, -0.2) is 5.11 Å². The van der Waals surface area contributed by atoms with Crippen molar-refractivity contribution >= 4 is 5.69 Å². The fraction of sp³-hybridized carbons (Fsp3) is 0.200. The molecule has 0 fully saturated rings. The highest BCUT2D eigenvalue weighted by Gasteiger charge is 2.02. The first-order valence-electron chi connectivity index (χ1n) is 5.75. The van der Waals surface area contributed by atoms with E-state index in [-0.39, 0.29) is 0 Å². The molecule has 0 aliphatic rings. The lowest BCUT2D eigenvalue weighted by Gasteiger charge is -2.10. The predicted molar refractivity (Wildman–Crippen MR) is 71.3 cm³/mol. The maximum Gasteiger partial charge on any atom is 0.121 e. The van der Waals surface area contributed by atoms with E-state index in [1.54, 1.807) is 0 Å². The molecule has 0 aromatic heterocycles. The molecule has 0 aliphatic heterocycles. The van der Waals surface area contributed by atoms with Gasteiger partial charge in [0.25, 0.3) is 0 Å². The normalized spacial score (nSPS) is 10.2. The summed E-state index contributed by atoms with van der Waals surface area (Å²) in [5.74, 6) is 0.385. The third-order valence-electron chi connectivity index (χ3n) is 2.83. The van der Waals surface area contributed by atoms with Crippen molar-refractivity contribution in [2.75, 3.05) is 5.32 Å². The molecule has 2 rings (SSSR count). The molecule has 2 nitrogen and oxygen atoms in total. The first-order chi connectivity index (χ1) is 8.16. The highest BCUT2D eigenvalue weighted by atomic mass is 16.3. The SMILES string of the molecule is Cc1cc(NCc2ccccc2)cc(C)c1O. The Morgan fingerprint density at radius 1 is 1.00 bits per heavy atom. The van der Waals surface area contributed by atoms with Crippen LogP contribution in [0.5, 0.6) is 5.75 Å². The number of hydrogen-bond donors (Lipinski definition) is 2. The van der Waals surface area contributed by atoms with Crippen molar-refractivity contribution in [2.24, 2.45) is 0 Å². The molecule has 0 saturated carbocycles. The Labute approximate surface area is 102 Å². The highest BCUT2D eigenvalue weighted by Crippen LogP contribution is 2.25. The molecular weight excluding hydrogens is 210 g/mol. The lowest BCUT2D eigenvalue weighted by Crippen LogP contribution is -1.99. The van der Waals surface area contributed by atoms with Crippen LogP contribution in [0.3, 0.4) is 0 Å².